The zero-order valence-electron chi connectivity index (χ0n) is 42.1. The first-order valence-corrected chi connectivity index (χ1v) is 24.4. The molecule has 0 aliphatic carbocycles. The first kappa shape index (κ1) is 50.8. The van der Waals surface area contributed by atoms with Gasteiger partial charge in [-0.2, -0.15) is 0 Å². The van der Waals surface area contributed by atoms with Gasteiger partial charge in [-0.3, -0.25) is 38.9 Å². The van der Waals surface area contributed by atoms with Crippen LogP contribution in [0.3, 0.4) is 0 Å². The molecule has 0 spiro atoms. The third-order valence-corrected chi connectivity index (χ3v) is 13.7. The van der Waals surface area contributed by atoms with Crippen molar-refractivity contribution in [3.8, 4) is 34.2 Å². The van der Waals surface area contributed by atoms with Crippen LogP contribution in [0, 0.1) is 29.1 Å². The Hall–Kier alpha value is -6.08. The summed E-state index contributed by atoms with van der Waals surface area (Å²) >= 11 is 0. The molecular weight excluding hydrogens is 873 g/mol. The van der Waals surface area contributed by atoms with Crippen LogP contribution < -0.4 is 10.7 Å². The highest BCUT2D eigenvalue weighted by molar-refractivity contribution is 5.97. The smallest absolute Gasteiger partial charge is 0.324 e. The van der Waals surface area contributed by atoms with E-state index in [1.165, 1.54) is 9.91 Å². The molecule has 0 radical (unpaired) electrons. The fourth-order valence-corrected chi connectivity index (χ4v) is 10.1. The van der Waals surface area contributed by atoms with Crippen LogP contribution in [0.25, 0.3) is 33.3 Å². The monoisotopic (exact) mass is 943 g/mol. The fourth-order valence-electron chi connectivity index (χ4n) is 10.1. The maximum absolute atomic E-state index is 14.8. The Bertz CT molecular complexity index is 2630. The molecule has 368 valence electrons. The van der Waals surface area contributed by atoms with Crippen LogP contribution in [0.2, 0.25) is 0 Å². The number of fused-ring (bicyclic) bond motifs is 6. The third-order valence-electron chi connectivity index (χ3n) is 13.7. The molecule has 3 aliphatic rings. The lowest BCUT2D eigenvalue weighted by atomic mass is 9.84. The average Bonchev–Trinajstić information content (AvgIpc) is 3.95. The standard InChI is InChI=1S/C54H70N8O7/c1-11-61-45-22-21-38-30-41(45)42(49(61)40-18-13-24-55-47(40)35(4)68-10)31-54(5,6)33-69-53(67)43-19-14-26-62(57-43)52(66)44(29-36-16-12-17-37(38)28-36)56-50(64)48(34(2)3)59(9)51(65)39-23-27-60(32-39)46(63)20-15-25-58(7)8/h12-13,16-18,21-22,24,28,30,34-35,39,43-44,48,57H,11,14,19,23,25-27,29,31-33H2,1-10H3,(H,56,64)/t35-,39-,43-,44-,48?/m0/s1. The lowest BCUT2D eigenvalue weighted by Gasteiger charge is -2.37. The summed E-state index contributed by atoms with van der Waals surface area (Å²) in [4.78, 5) is 80.0. The third kappa shape index (κ3) is 11.4. The SMILES string of the molecule is CCn1c(-c2cccnc2[C@H](C)OC)c2c3cc(ccc31)-c1cccc(c1)C[C@H](NC(=O)C(C(C)C)N(C)C(=O)[C@H]1CCN(C(=O)C#CCN(C)C)C1)C(=O)N1CCC[C@H](N1)C(=O)OCC(C)(C)C2. The summed E-state index contributed by atoms with van der Waals surface area (Å²) in [6, 6.07) is 15.8. The summed E-state index contributed by atoms with van der Waals surface area (Å²) in [7, 11) is 7.05. The Balaban J connectivity index is 1.24. The molecule has 5 atom stereocenters. The van der Waals surface area contributed by atoms with E-state index < -0.39 is 47.2 Å². The van der Waals surface area contributed by atoms with Crippen molar-refractivity contribution in [3.05, 3.63) is 77.6 Å². The van der Waals surface area contributed by atoms with Gasteiger partial charge in [-0.1, -0.05) is 63.9 Å². The molecule has 2 fully saturated rings. The summed E-state index contributed by atoms with van der Waals surface area (Å²) in [5.74, 6) is 2.82. The van der Waals surface area contributed by atoms with Gasteiger partial charge >= 0.3 is 5.97 Å². The van der Waals surface area contributed by atoms with Crippen LogP contribution in [-0.2, 0) is 52.8 Å². The van der Waals surface area contributed by atoms with Gasteiger partial charge < -0.3 is 29.2 Å². The van der Waals surface area contributed by atoms with Crippen LogP contribution in [0.5, 0.6) is 0 Å². The van der Waals surface area contributed by atoms with Crippen LogP contribution >= 0.6 is 0 Å². The Morgan fingerprint density at radius 2 is 1.78 bits per heavy atom. The van der Waals surface area contributed by atoms with Gasteiger partial charge in [-0.25, -0.2) is 5.43 Å². The van der Waals surface area contributed by atoms with Crippen molar-refractivity contribution in [2.75, 3.05) is 61.0 Å². The average molecular weight is 943 g/mol. The number of methoxy groups -OCH3 is 1. The number of nitrogens with one attached hydrogen (secondary N) is 2. The second-order valence-corrected chi connectivity index (χ2v) is 20.3. The first-order valence-electron chi connectivity index (χ1n) is 24.4. The molecule has 4 aromatic rings. The predicted molar refractivity (Wildman–Crippen MR) is 266 cm³/mol. The number of carbonyl (C=O) groups excluding carboxylic acids is 5. The second-order valence-electron chi connectivity index (χ2n) is 20.3. The molecule has 0 saturated carbocycles. The number of pyridine rings is 1. The van der Waals surface area contributed by atoms with Gasteiger partial charge in [0, 0.05) is 74.8 Å². The van der Waals surface area contributed by atoms with Crippen molar-refractivity contribution in [2.45, 2.75) is 104 Å². The Morgan fingerprint density at radius 3 is 2.51 bits per heavy atom. The molecule has 7 rings (SSSR count). The van der Waals surface area contributed by atoms with E-state index in [1.54, 1.807) is 25.3 Å². The van der Waals surface area contributed by atoms with Gasteiger partial charge in [0.05, 0.1) is 36.6 Å². The van der Waals surface area contributed by atoms with Gasteiger partial charge in [0.2, 0.25) is 11.8 Å². The number of amides is 4. The van der Waals surface area contributed by atoms with Crippen LogP contribution in [0.15, 0.2) is 60.8 Å². The van der Waals surface area contributed by atoms with E-state index in [0.29, 0.717) is 51.9 Å². The number of likely N-dealkylation sites (tertiary alicyclic amines) is 1. The Morgan fingerprint density at radius 1 is 1.01 bits per heavy atom. The van der Waals surface area contributed by atoms with Gasteiger partial charge in [-0.15, -0.1) is 0 Å². The van der Waals surface area contributed by atoms with Crippen molar-refractivity contribution >= 4 is 40.5 Å². The molecule has 5 heterocycles. The number of rotatable bonds is 10. The number of likely N-dealkylation sites (N-methyl/N-ethyl adjacent to an activating group) is 1. The van der Waals surface area contributed by atoms with E-state index in [4.69, 9.17) is 14.5 Å². The van der Waals surface area contributed by atoms with Gasteiger partial charge in [0.25, 0.3) is 11.8 Å². The molecule has 2 aromatic carbocycles. The highest BCUT2D eigenvalue weighted by Gasteiger charge is 2.40. The summed E-state index contributed by atoms with van der Waals surface area (Å²) < 4.78 is 14.3. The zero-order valence-corrected chi connectivity index (χ0v) is 42.1. The molecule has 1 unspecified atom stereocenters. The molecule has 3 aliphatic heterocycles. The molecule has 15 nitrogen and oxygen atoms in total. The largest absolute Gasteiger partial charge is 0.464 e. The van der Waals surface area contributed by atoms with Gasteiger partial charge in [0.1, 0.15) is 18.1 Å². The highest BCUT2D eigenvalue weighted by Crippen LogP contribution is 2.42. The zero-order chi connectivity index (χ0) is 49.7. The van der Waals surface area contributed by atoms with Crippen molar-refractivity contribution in [2.24, 2.45) is 17.3 Å². The predicted octanol–water partition coefficient (Wildman–Crippen LogP) is 5.64. The summed E-state index contributed by atoms with van der Waals surface area (Å²) in [6.07, 6.45) is 3.73. The molecule has 69 heavy (non-hydrogen) atoms. The normalized spacial score (nSPS) is 20.5. The van der Waals surface area contributed by atoms with Crippen LogP contribution in [-0.4, -0.2) is 138 Å². The number of hydrogen-bond acceptors (Lipinski definition) is 10. The maximum Gasteiger partial charge on any atom is 0.324 e. The number of ether oxygens (including phenoxy) is 2. The van der Waals surface area contributed by atoms with E-state index >= 15 is 0 Å². The molecular formula is C54H70N8O7. The summed E-state index contributed by atoms with van der Waals surface area (Å²) in [6.45, 7) is 14.3. The Labute approximate surface area is 407 Å². The van der Waals surface area contributed by atoms with Crippen molar-refractivity contribution in [3.63, 3.8) is 0 Å². The number of cyclic esters (lactones) is 1. The Kier molecular flexibility index (Phi) is 16.0. The van der Waals surface area contributed by atoms with Gasteiger partial charge in [-0.05, 0) is 112 Å². The lowest BCUT2D eigenvalue weighted by molar-refractivity contribution is -0.155. The molecule has 15 heteroatoms. The molecule has 2 saturated heterocycles. The highest BCUT2D eigenvalue weighted by atomic mass is 16.5. The van der Waals surface area contributed by atoms with Crippen molar-refractivity contribution in [1.29, 1.82) is 0 Å². The molecule has 2 aromatic heterocycles. The first-order chi connectivity index (χ1) is 32.9. The number of esters is 1. The van der Waals surface area contributed by atoms with Crippen LogP contribution in [0.1, 0.15) is 83.7 Å². The van der Waals surface area contributed by atoms with E-state index in [0.717, 1.165) is 50.1 Å². The quantitative estimate of drug-likeness (QED) is 0.151. The van der Waals surface area contributed by atoms with Gasteiger partial charge in [0.15, 0.2) is 0 Å². The lowest BCUT2D eigenvalue weighted by Crippen LogP contribution is -2.62. The van der Waals surface area contributed by atoms with Crippen molar-refractivity contribution in [1.82, 2.24) is 40.0 Å². The molecule has 4 amide bonds. The van der Waals surface area contributed by atoms with E-state index in [1.807, 2.05) is 58.0 Å². The number of hydrogen-bond donors (Lipinski definition) is 2. The summed E-state index contributed by atoms with van der Waals surface area (Å²) in [5, 5.41) is 5.59. The number of hydrazine groups is 1. The fraction of sp³-hybridized carbons (Fsp3) is 0.519. The minimum atomic E-state index is -1.06. The second kappa shape index (κ2) is 21.7. The summed E-state index contributed by atoms with van der Waals surface area (Å²) in [5.41, 5.74) is 10.5. The van der Waals surface area contributed by atoms with Crippen molar-refractivity contribution < 1.29 is 33.4 Å². The van der Waals surface area contributed by atoms with Crippen LogP contribution in [0.4, 0.5) is 0 Å². The topological polar surface area (TPSA) is 159 Å². The minimum Gasteiger partial charge on any atom is -0.464 e. The number of aryl methyl sites for hydroxylation is 1. The molecule has 6 bridgehead atoms. The maximum atomic E-state index is 14.8. The van der Waals surface area contributed by atoms with E-state index in [2.05, 4.69) is 84.3 Å². The molecule has 2 N–H and O–H groups in total. The minimum absolute atomic E-state index is 0.133. The number of aromatic nitrogens is 2. The number of benzene rings is 2. The number of nitrogens with zero attached hydrogens (tertiary/aromatic N) is 6. The van der Waals surface area contributed by atoms with E-state index in [-0.39, 0.29) is 43.4 Å². The number of carbonyl (C=O) groups is 5. The van der Waals surface area contributed by atoms with E-state index in [9.17, 15) is 24.0 Å².